The lowest BCUT2D eigenvalue weighted by Crippen LogP contribution is -2.47. The predicted octanol–water partition coefficient (Wildman–Crippen LogP) is -0.784. The summed E-state index contributed by atoms with van der Waals surface area (Å²) in [6.07, 6.45) is 0. The summed E-state index contributed by atoms with van der Waals surface area (Å²) < 4.78 is 0. The van der Waals surface area contributed by atoms with E-state index in [9.17, 15) is 14.4 Å². The van der Waals surface area contributed by atoms with E-state index < -0.39 is 23.3 Å². The molecule has 0 spiro atoms. The Morgan fingerprint density at radius 1 is 1.43 bits per heavy atom. The molecular weight excluding hydrogens is 184 g/mol. The number of rotatable bonds is 1. The first-order valence-electron chi connectivity index (χ1n) is 4.44. The first-order valence-corrected chi connectivity index (χ1v) is 4.44. The standard InChI is InChI=1S/C9H14N2O3/c1-9(2,3)11-8(14)6-5(12)4-10-7(6)13/h6H,4H2,1-3H3,(H,10,13)(H,11,14). The molecule has 5 heteroatoms. The molecule has 78 valence electrons. The number of hydrogen-bond acceptors (Lipinski definition) is 3. The van der Waals surface area contributed by atoms with Crippen molar-refractivity contribution < 1.29 is 14.4 Å². The van der Waals surface area contributed by atoms with Crippen molar-refractivity contribution in [3.05, 3.63) is 0 Å². The number of carbonyl (C=O) groups excluding carboxylic acids is 3. The van der Waals surface area contributed by atoms with E-state index in [0.29, 0.717) is 0 Å². The molecule has 0 aromatic heterocycles. The summed E-state index contributed by atoms with van der Waals surface area (Å²) in [4.78, 5) is 33.8. The molecule has 1 rings (SSSR count). The van der Waals surface area contributed by atoms with Gasteiger partial charge < -0.3 is 10.6 Å². The van der Waals surface area contributed by atoms with Crippen LogP contribution in [0.4, 0.5) is 0 Å². The highest BCUT2D eigenvalue weighted by atomic mass is 16.2. The lowest BCUT2D eigenvalue weighted by molar-refractivity contribution is -0.138. The molecule has 1 aliphatic rings. The summed E-state index contributed by atoms with van der Waals surface area (Å²) in [6, 6.07) is 0. The highest BCUT2D eigenvalue weighted by Crippen LogP contribution is 2.08. The molecule has 1 heterocycles. The Bertz CT molecular complexity index is 275. The van der Waals surface area contributed by atoms with Gasteiger partial charge in [-0.25, -0.2) is 0 Å². The van der Waals surface area contributed by atoms with Gasteiger partial charge in [0.25, 0.3) is 0 Å². The van der Waals surface area contributed by atoms with Gasteiger partial charge in [-0.3, -0.25) is 14.4 Å². The summed E-state index contributed by atoms with van der Waals surface area (Å²) in [5.74, 6) is -2.54. The molecule has 14 heavy (non-hydrogen) atoms. The molecule has 0 aliphatic carbocycles. The minimum absolute atomic E-state index is 0.0406. The minimum Gasteiger partial charge on any atom is -0.350 e. The van der Waals surface area contributed by atoms with Crippen LogP contribution < -0.4 is 10.6 Å². The van der Waals surface area contributed by atoms with Crippen molar-refractivity contribution in [2.24, 2.45) is 5.92 Å². The summed E-state index contributed by atoms with van der Waals surface area (Å²) in [7, 11) is 0. The second kappa shape index (κ2) is 3.40. The SMILES string of the molecule is CC(C)(C)NC(=O)C1C(=O)CNC1=O. The van der Waals surface area contributed by atoms with Crippen LogP contribution in [0.25, 0.3) is 0 Å². The topological polar surface area (TPSA) is 75.3 Å². The lowest BCUT2D eigenvalue weighted by Gasteiger charge is -2.21. The van der Waals surface area contributed by atoms with E-state index in [1.807, 2.05) is 0 Å². The van der Waals surface area contributed by atoms with E-state index in [0.717, 1.165) is 0 Å². The Morgan fingerprint density at radius 3 is 2.36 bits per heavy atom. The maximum absolute atomic E-state index is 11.5. The Labute approximate surface area is 82.2 Å². The lowest BCUT2D eigenvalue weighted by atomic mass is 10.0. The quantitative estimate of drug-likeness (QED) is 0.542. The van der Waals surface area contributed by atoms with Gasteiger partial charge in [-0.1, -0.05) is 0 Å². The van der Waals surface area contributed by atoms with Crippen LogP contribution in [0.1, 0.15) is 20.8 Å². The second-order valence-corrected chi connectivity index (χ2v) is 4.36. The Balaban J connectivity index is 2.70. The molecule has 1 aliphatic heterocycles. The molecule has 1 fully saturated rings. The zero-order chi connectivity index (χ0) is 10.9. The summed E-state index contributed by atoms with van der Waals surface area (Å²) >= 11 is 0. The molecular formula is C9H14N2O3. The number of hydrogen-bond donors (Lipinski definition) is 2. The molecule has 0 aromatic rings. The molecule has 0 bridgehead atoms. The Morgan fingerprint density at radius 2 is 2.00 bits per heavy atom. The third-order valence-electron chi connectivity index (χ3n) is 1.78. The average molecular weight is 198 g/mol. The smallest absolute Gasteiger partial charge is 0.240 e. The molecule has 0 aromatic carbocycles. The monoisotopic (exact) mass is 198 g/mol. The first-order chi connectivity index (χ1) is 6.31. The average Bonchev–Trinajstić information content (AvgIpc) is 2.27. The van der Waals surface area contributed by atoms with Gasteiger partial charge in [-0.15, -0.1) is 0 Å². The van der Waals surface area contributed by atoms with E-state index in [2.05, 4.69) is 10.6 Å². The van der Waals surface area contributed by atoms with Crippen LogP contribution >= 0.6 is 0 Å². The highest BCUT2D eigenvalue weighted by molar-refractivity contribution is 6.22. The zero-order valence-electron chi connectivity index (χ0n) is 8.51. The fourth-order valence-electron chi connectivity index (χ4n) is 1.23. The van der Waals surface area contributed by atoms with Crippen LogP contribution in [-0.4, -0.2) is 29.7 Å². The van der Waals surface area contributed by atoms with Gasteiger partial charge in [0.05, 0.1) is 6.54 Å². The van der Waals surface area contributed by atoms with Crippen molar-refractivity contribution >= 4 is 17.6 Å². The van der Waals surface area contributed by atoms with E-state index in [1.165, 1.54) is 0 Å². The van der Waals surface area contributed by atoms with E-state index in [-0.39, 0.29) is 12.3 Å². The van der Waals surface area contributed by atoms with E-state index >= 15 is 0 Å². The largest absolute Gasteiger partial charge is 0.350 e. The van der Waals surface area contributed by atoms with Gasteiger partial charge >= 0.3 is 0 Å². The van der Waals surface area contributed by atoms with Crippen molar-refractivity contribution in [3.63, 3.8) is 0 Å². The van der Waals surface area contributed by atoms with Crippen LogP contribution in [0.5, 0.6) is 0 Å². The zero-order valence-corrected chi connectivity index (χ0v) is 8.51. The van der Waals surface area contributed by atoms with Gasteiger partial charge in [0.1, 0.15) is 0 Å². The maximum atomic E-state index is 11.5. The molecule has 2 amide bonds. The van der Waals surface area contributed by atoms with Crippen molar-refractivity contribution in [2.75, 3.05) is 6.54 Å². The van der Waals surface area contributed by atoms with Crippen LogP contribution in [0.15, 0.2) is 0 Å². The van der Waals surface area contributed by atoms with Gasteiger partial charge in [-0.05, 0) is 20.8 Å². The maximum Gasteiger partial charge on any atom is 0.240 e. The van der Waals surface area contributed by atoms with Crippen molar-refractivity contribution in [1.29, 1.82) is 0 Å². The minimum atomic E-state index is -1.16. The van der Waals surface area contributed by atoms with E-state index in [4.69, 9.17) is 0 Å². The highest BCUT2D eigenvalue weighted by Gasteiger charge is 2.39. The third kappa shape index (κ3) is 2.31. The summed E-state index contributed by atoms with van der Waals surface area (Å²) in [5, 5.41) is 4.94. The van der Waals surface area contributed by atoms with Crippen LogP contribution in [0.2, 0.25) is 0 Å². The first kappa shape index (κ1) is 10.7. The molecule has 5 nitrogen and oxygen atoms in total. The van der Waals surface area contributed by atoms with Crippen LogP contribution in [0.3, 0.4) is 0 Å². The fourth-order valence-corrected chi connectivity index (χ4v) is 1.23. The van der Waals surface area contributed by atoms with Gasteiger partial charge in [0.15, 0.2) is 11.7 Å². The van der Waals surface area contributed by atoms with Gasteiger partial charge in [0, 0.05) is 5.54 Å². The van der Waals surface area contributed by atoms with Crippen LogP contribution in [0, 0.1) is 5.92 Å². The van der Waals surface area contributed by atoms with E-state index in [1.54, 1.807) is 20.8 Å². The van der Waals surface area contributed by atoms with Gasteiger partial charge in [-0.2, -0.15) is 0 Å². The molecule has 1 saturated heterocycles. The Kier molecular flexibility index (Phi) is 2.59. The molecule has 0 radical (unpaired) electrons. The number of nitrogens with one attached hydrogen (secondary N) is 2. The Hall–Kier alpha value is -1.39. The number of amides is 2. The fraction of sp³-hybridized carbons (Fsp3) is 0.667. The second-order valence-electron chi connectivity index (χ2n) is 4.36. The van der Waals surface area contributed by atoms with Crippen molar-refractivity contribution in [2.45, 2.75) is 26.3 Å². The van der Waals surface area contributed by atoms with Crippen molar-refractivity contribution in [1.82, 2.24) is 10.6 Å². The number of Topliss-reactive ketones (excluding diaryl/α,β-unsaturated/α-hetero) is 1. The summed E-state index contributed by atoms with van der Waals surface area (Å²) in [6.45, 7) is 5.34. The number of ketones is 1. The number of carbonyl (C=O) groups is 3. The molecule has 1 unspecified atom stereocenters. The normalized spacial score (nSPS) is 22.1. The molecule has 0 saturated carbocycles. The third-order valence-corrected chi connectivity index (χ3v) is 1.78. The van der Waals surface area contributed by atoms with Crippen LogP contribution in [-0.2, 0) is 14.4 Å². The molecule has 1 atom stereocenters. The predicted molar refractivity (Wildman–Crippen MR) is 49.4 cm³/mol. The van der Waals surface area contributed by atoms with Crippen molar-refractivity contribution in [3.8, 4) is 0 Å². The molecule has 2 N–H and O–H groups in total. The van der Waals surface area contributed by atoms with Gasteiger partial charge in [0.2, 0.25) is 11.8 Å². The summed E-state index contributed by atoms with van der Waals surface area (Å²) in [5.41, 5.74) is -0.430.